The summed E-state index contributed by atoms with van der Waals surface area (Å²) in [5.74, 6) is 0.642. The number of rotatable bonds is 9. The number of hydrogen-bond donors (Lipinski definition) is 2. The van der Waals surface area contributed by atoms with E-state index >= 15 is 0 Å². The van der Waals surface area contributed by atoms with E-state index in [1.165, 1.54) is 0 Å². The molecule has 3 N–H and O–H groups in total. The van der Waals surface area contributed by atoms with Crippen LogP contribution in [0.1, 0.15) is 44.2 Å². The van der Waals surface area contributed by atoms with Crippen LogP contribution < -0.4 is 10.5 Å². The first-order valence-electron chi connectivity index (χ1n) is 7.16. The van der Waals surface area contributed by atoms with Gasteiger partial charge in [0.05, 0.1) is 5.75 Å². The molecule has 0 spiro atoms. The van der Waals surface area contributed by atoms with E-state index in [0.29, 0.717) is 17.5 Å². The van der Waals surface area contributed by atoms with Crippen LogP contribution >= 0.6 is 12.2 Å². The summed E-state index contributed by atoms with van der Waals surface area (Å²) < 4.78 is 26.5. The van der Waals surface area contributed by atoms with Crippen molar-refractivity contribution in [3.05, 3.63) is 35.4 Å². The predicted molar refractivity (Wildman–Crippen MR) is 91.6 cm³/mol. The Balaban J connectivity index is 2.43. The molecule has 4 nitrogen and oxygen atoms in total. The van der Waals surface area contributed by atoms with Gasteiger partial charge in [0.25, 0.3) is 0 Å². The molecule has 6 heteroatoms. The summed E-state index contributed by atoms with van der Waals surface area (Å²) in [5, 5.41) is 0. The average molecular weight is 329 g/mol. The molecule has 0 saturated heterocycles. The highest BCUT2D eigenvalue weighted by molar-refractivity contribution is 7.88. The lowest BCUT2D eigenvalue weighted by atomic mass is 10.1. The lowest BCUT2D eigenvalue weighted by Crippen LogP contribution is -2.26. The van der Waals surface area contributed by atoms with Crippen molar-refractivity contribution < 1.29 is 8.42 Å². The van der Waals surface area contributed by atoms with E-state index in [-0.39, 0.29) is 5.75 Å². The smallest absolute Gasteiger partial charge is 0.215 e. The summed E-state index contributed by atoms with van der Waals surface area (Å²) >= 11 is 4.86. The van der Waals surface area contributed by atoms with Gasteiger partial charge in [0.2, 0.25) is 10.0 Å². The van der Waals surface area contributed by atoms with Crippen molar-refractivity contribution in [3.63, 3.8) is 0 Å². The Morgan fingerprint density at radius 1 is 1.24 bits per heavy atom. The average Bonchev–Trinajstić information content (AvgIpc) is 2.38. The van der Waals surface area contributed by atoms with E-state index in [4.69, 9.17) is 18.0 Å². The van der Waals surface area contributed by atoms with Crippen LogP contribution in [-0.2, 0) is 15.8 Å². The zero-order chi connectivity index (χ0) is 15.9. The van der Waals surface area contributed by atoms with Crippen LogP contribution in [0.15, 0.2) is 24.3 Å². The Morgan fingerprint density at radius 3 is 2.38 bits per heavy atom. The highest BCUT2D eigenvalue weighted by Gasteiger charge is 2.11. The molecule has 21 heavy (non-hydrogen) atoms. The van der Waals surface area contributed by atoms with Crippen LogP contribution in [0.3, 0.4) is 0 Å². The lowest BCUT2D eigenvalue weighted by molar-refractivity contribution is 0.530. The van der Waals surface area contributed by atoms with E-state index in [1.54, 1.807) is 24.3 Å². The van der Waals surface area contributed by atoms with Crippen LogP contribution in [0.4, 0.5) is 0 Å². The van der Waals surface area contributed by atoms with Gasteiger partial charge in [-0.05, 0) is 17.9 Å². The molecule has 0 fully saturated rings. The normalized spacial score (nSPS) is 11.8. The standard InChI is InChI=1S/C15H24N2O2S2/c1-12(2)5-3-4-10-17-21(18,19)11-13-6-8-14(9-7-13)15(16)20/h6-9,12,17H,3-5,10-11H2,1-2H3,(H2,16,20). The Morgan fingerprint density at radius 2 is 1.86 bits per heavy atom. The zero-order valence-corrected chi connectivity index (χ0v) is 14.3. The van der Waals surface area contributed by atoms with Gasteiger partial charge in [-0.25, -0.2) is 13.1 Å². The van der Waals surface area contributed by atoms with Gasteiger partial charge < -0.3 is 5.73 Å². The van der Waals surface area contributed by atoms with Crippen molar-refractivity contribution in [2.75, 3.05) is 6.54 Å². The van der Waals surface area contributed by atoms with Crippen molar-refractivity contribution in [1.29, 1.82) is 0 Å². The maximum atomic E-state index is 12.0. The summed E-state index contributed by atoms with van der Waals surface area (Å²) in [6.45, 7) is 4.84. The van der Waals surface area contributed by atoms with Crippen molar-refractivity contribution in [2.45, 2.75) is 38.9 Å². The molecule has 0 aromatic heterocycles. The van der Waals surface area contributed by atoms with Crippen molar-refractivity contribution in [1.82, 2.24) is 4.72 Å². The van der Waals surface area contributed by atoms with Gasteiger partial charge in [-0.3, -0.25) is 0 Å². The Hall–Kier alpha value is -0.980. The first-order chi connectivity index (χ1) is 9.80. The zero-order valence-electron chi connectivity index (χ0n) is 12.6. The second-order valence-electron chi connectivity index (χ2n) is 5.60. The van der Waals surface area contributed by atoms with Gasteiger partial charge in [-0.1, -0.05) is 63.2 Å². The Bertz CT molecular complexity index is 552. The number of nitrogens with one attached hydrogen (secondary N) is 1. The third-order valence-electron chi connectivity index (χ3n) is 3.13. The van der Waals surface area contributed by atoms with Gasteiger partial charge >= 0.3 is 0 Å². The molecule has 118 valence electrons. The Labute approximate surface area is 133 Å². The highest BCUT2D eigenvalue weighted by Crippen LogP contribution is 2.09. The fourth-order valence-corrected chi connectivity index (χ4v) is 3.27. The third-order valence-corrected chi connectivity index (χ3v) is 4.72. The minimum absolute atomic E-state index is 0.0191. The summed E-state index contributed by atoms with van der Waals surface area (Å²) in [4.78, 5) is 0.313. The molecule has 0 radical (unpaired) electrons. The molecule has 0 aliphatic carbocycles. The topological polar surface area (TPSA) is 72.2 Å². The molecule has 0 amide bonds. The van der Waals surface area contributed by atoms with Crippen LogP contribution in [-0.4, -0.2) is 20.0 Å². The van der Waals surface area contributed by atoms with Crippen molar-refractivity contribution in [2.24, 2.45) is 11.7 Å². The summed E-state index contributed by atoms with van der Waals surface area (Å²) in [5.41, 5.74) is 6.98. The molecule has 0 aliphatic heterocycles. The van der Waals surface area contributed by atoms with E-state index in [2.05, 4.69) is 18.6 Å². The molecular formula is C15H24N2O2S2. The van der Waals surface area contributed by atoms with Crippen LogP contribution in [0.5, 0.6) is 0 Å². The number of thiocarbonyl (C=S) groups is 1. The van der Waals surface area contributed by atoms with Crippen LogP contribution in [0.2, 0.25) is 0 Å². The SMILES string of the molecule is CC(C)CCCCNS(=O)(=O)Cc1ccc(C(N)=S)cc1. The van der Waals surface area contributed by atoms with Crippen LogP contribution in [0.25, 0.3) is 0 Å². The second kappa shape index (κ2) is 8.46. The Kier molecular flexibility index (Phi) is 7.28. The maximum Gasteiger partial charge on any atom is 0.215 e. The molecule has 0 aliphatic rings. The van der Waals surface area contributed by atoms with Gasteiger partial charge in [0.15, 0.2) is 0 Å². The van der Waals surface area contributed by atoms with E-state index in [9.17, 15) is 8.42 Å². The first-order valence-corrected chi connectivity index (χ1v) is 9.22. The molecule has 1 rings (SSSR count). The summed E-state index contributed by atoms with van der Waals surface area (Å²) in [6.07, 6.45) is 3.04. The molecule has 0 bridgehead atoms. The number of benzene rings is 1. The highest BCUT2D eigenvalue weighted by atomic mass is 32.2. The number of unbranched alkanes of at least 4 members (excludes halogenated alkanes) is 1. The third kappa shape index (κ3) is 7.55. The fraction of sp³-hybridized carbons (Fsp3) is 0.533. The van der Waals surface area contributed by atoms with E-state index in [0.717, 1.165) is 30.4 Å². The number of sulfonamides is 1. The maximum absolute atomic E-state index is 12.0. The first kappa shape index (κ1) is 18.1. The largest absolute Gasteiger partial charge is 0.389 e. The molecule has 1 aromatic carbocycles. The van der Waals surface area contributed by atoms with Gasteiger partial charge in [-0.15, -0.1) is 0 Å². The number of hydrogen-bond acceptors (Lipinski definition) is 3. The quantitative estimate of drug-likeness (QED) is 0.540. The predicted octanol–water partition coefficient (Wildman–Crippen LogP) is 2.57. The van der Waals surface area contributed by atoms with Gasteiger partial charge in [-0.2, -0.15) is 0 Å². The van der Waals surface area contributed by atoms with Crippen LogP contribution in [0, 0.1) is 5.92 Å². The van der Waals surface area contributed by atoms with Gasteiger partial charge in [0, 0.05) is 12.1 Å². The number of nitrogens with two attached hydrogens (primary N) is 1. The molecule has 0 heterocycles. The summed E-state index contributed by atoms with van der Waals surface area (Å²) in [6, 6.07) is 6.98. The molecule has 0 atom stereocenters. The summed E-state index contributed by atoms with van der Waals surface area (Å²) in [7, 11) is -3.28. The molecule has 0 unspecified atom stereocenters. The molecular weight excluding hydrogens is 304 g/mol. The fourth-order valence-electron chi connectivity index (χ4n) is 1.94. The minimum atomic E-state index is -3.28. The minimum Gasteiger partial charge on any atom is -0.389 e. The van der Waals surface area contributed by atoms with Crippen molar-refractivity contribution >= 4 is 27.2 Å². The van der Waals surface area contributed by atoms with E-state index in [1.807, 2.05) is 0 Å². The van der Waals surface area contributed by atoms with Crippen molar-refractivity contribution in [3.8, 4) is 0 Å². The van der Waals surface area contributed by atoms with Gasteiger partial charge in [0.1, 0.15) is 4.99 Å². The monoisotopic (exact) mass is 328 g/mol. The lowest BCUT2D eigenvalue weighted by Gasteiger charge is -2.08. The molecule has 0 saturated carbocycles. The molecule has 1 aromatic rings. The van der Waals surface area contributed by atoms with E-state index < -0.39 is 10.0 Å². The second-order valence-corrected chi connectivity index (χ2v) is 7.85.